The zero-order valence-electron chi connectivity index (χ0n) is 10.9. The summed E-state index contributed by atoms with van der Waals surface area (Å²) in [6.07, 6.45) is 0. The molecule has 1 aliphatic rings. The van der Waals surface area contributed by atoms with Gasteiger partial charge in [0.2, 0.25) is 0 Å². The summed E-state index contributed by atoms with van der Waals surface area (Å²) >= 11 is 1.31. The molecule has 2 rings (SSSR count). The lowest BCUT2D eigenvalue weighted by molar-refractivity contribution is 0.0578. The molecule has 0 aliphatic carbocycles. The maximum atomic E-state index is 12.4. The van der Waals surface area contributed by atoms with E-state index >= 15 is 0 Å². The monoisotopic (exact) mass is 269 g/mol. The molecule has 1 unspecified atom stereocenters. The Bertz CT molecular complexity index is 447. The maximum absolute atomic E-state index is 12.4. The van der Waals surface area contributed by atoms with Gasteiger partial charge in [-0.25, -0.2) is 4.98 Å². The van der Waals surface area contributed by atoms with Gasteiger partial charge < -0.3 is 20.9 Å². The van der Waals surface area contributed by atoms with Crippen LogP contribution in [0.15, 0.2) is 0 Å². The molecular weight excluding hydrogens is 250 g/mol. The highest BCUT2D eigenvalue weighted by molar-refractivity contribution is 7.18. The van der Waals surface area contributed by atoms with Gasteiger partial charge in [0.1, 0.15) is 10.7 Å². The van der Waals surface area contributed by atoms with E-state index in [0.29, 0.717) is 21.9 Å². The van der Waals surface area contributed by atoms with Gasteiger partial charge in [0.25, 0.3) is 5.91 Å². The predicted octanol–water partition coefficient (Wildman–Crippen LogP) is 0.543. The smallest absolute Gasteiger partial charge is 0.267 e. The second-order valence-electron chi connectivity index (χ2n) is 4.56. The van der Waals surface area contributed by atoms with Crippen molar-refractivity contribution in [3.8, 4) is 0 Å². The molecule has 3 N–H and O–H groups in total. The van der Waals surface area contributed by atoms with Gasteiger partial charge in [-0.15, -0.1) is 0 Å². The van der Waals surface area contributed by atoms with E-state index < -0.39 is 0 Å². The summed E-state index contributed by atoms with van der Waals surface area (Å²) in [6.45, 7) is 4.49. The number of nitrogens with zero attached hydrogens (tertiary/aromatic N) is 3. The van der Waals surface area contributed by atoms with Gasteiger partial charge in [-0.2, -0.15) is 0 Å². The van der Waals surface area contributed by atoms with Crippen LogP contribution in [0.1, 0.15) is 16.6 Å². The van der Waals surface area contributed by atoms with Crippen LogP contribution >= 0.6 is 11.3 Å². The van der Waals surface area contributed by atoms with Crippen molar-refractivity contribution in [3.63, 3.8) is 0 Å². The number of likely N-dealkylation sites (N-methyl/N-ethyl adjacent to an activating group) is 1. The first kappa shape index (κ1) is 13.1. The molecule has 1 amide bonds. The van der Waals surface area contributed by atoms with Crippen LogP contribution in [0.5, 0.6) is 0 Å². The first-order valence-electron chi connectivity index (χ1n) is 5.96. The fraction of sp³-hybridized carbons (Fsp3) is 0.636. The summed E-state index contributed by atoms with van der Waals surface area (Å²) in [5, 5.41) is 3.59. The van der Waals surface area contributed by atoms with Gasteiger partial charge >= 0.3 is 0 Å². The molecule has 2 heterocycles. The van der Waals surface area contributed by atoms with E-state index in [4.69, 9.17) is 5.73 Å². The van der Waals surface area contributed by atoms with E-state index in [2.05, 4.69) is 29.2 Å². The van der Waals surface area contributed by atoms with Crippen LogP contribution in [-0.4, -0.2) is 60.5 Å². The number of nitrogens with two attached hydrogens (primary N) is 1. The van der Waals surface area contributed by atoms with Crippen molar-refractivity contribution in [1.82, 2.24) is 14.8 Å². The number of hydrogen-bond acceptors (Lipinski definition) is 6. The van der Waals surface area contributed by atoms with Crippen molar-refractivity contribution in [1.29, 1.82) is 0 Å². The number of amides is 1. The van der Waals surface area contributed by atoms with E-state index in [1.165, 1.54) is 11.3 Å². The Morgan fingerprint density at radius 2 is 2.28 bits per heavy atom. The van der Waals surface area contributed by atoms with Crippen molar-refractivity contribution in [3.05, 3.63) is 4.88 Å². The number of aromatic nitrogens is 1. The topological polar surface area (TPSA) is 74.5 Å². The zero-order valence-corrected chi connectivity index (χ0v) is 11.8. The Kier molecular flexibility index (Phi) is 3.72. The summed E-state index contributed by atoms with van der Waals surface area (Å²) in [5.74, 6) is 0.312. The number of carbonyl (C=O) groups is 1. The number of carbonyl (C=O) groups excluding carboxylic acids is 1. The average molecular weight is 269 g/mol. The lowest BCUT2D eigenvalue weighted by Crippen LogP contribution is -2.51. The molecule has 0 radical (unpaired) electrons. The first-order valence-corrected chi connectivity index (χ1v) is 6.78. The molecule has 1 saturated heterocycles. The molecule has 1 fully saturated rings. The van der Waals surface area contributed by atoms with E-state index in [9.17, 15) is 4.79 Å². The molecule has 1 atom stereocenters. The minimum absolute atomic E-state index is 0.00792. The summed E-state index contributed by atoms with van der Waals surface area (Å²) in [4.78, 5) is 21.1. The van der Waals surface area contributed by atoms with E-state index in [0.717, 1.165) is 19.6 Å². The molecule has 0 saturated carbocycles. The Morgan fingerprint density at radius 1 is 1.56 bits per heavy atom. The number of thiazole rings is 1. The molecule has 7 heteroatoms. The summed E-state index contributed by atoms with van der Waals surface area (Å²) in [7, 11) is 3.84. The summed E-state index contributed by atoms with van der Waals surface area (Å²) in [5.41, 5.74) is 5.79. The largest absolute Gasteiger partial charge is 0.382 e. The predicted molar refractivity (Wildman–Crippen MR) is 74.1 cm³/mol. The quantitative estimate of drug-likeness (QED) is 0.820. The summed E-state index contributed by atoms with van der Waals surface area (Å²) < 4.78 is 0. The van der Waals surface area contributed by atoms with Gasteiger partial charge in [0, 0.05) is 32.7 Å². The molecule has 0 aromatic carbocycles. The Hall–Kier alpha value is -1.34. The Balaban J connectivity index is 2.13. The van der Waals surface area contributed by atoms with Crippen molar-refractivity contribution in [2.45, 2.75) is 13.0 Å². The molecular formula is C11H19N5OS. The number of hydrogen-bond donors (Lipinski definition) is 2. The van der Waals surface area contributed by atoms with E-state index in [-0.39, 0.29) is 5.91 Å². The second-order valence-corrected chi connectivity index (χ2v) is 5.56. The highest BCUT2D eigenvalue weighted by Crippen LogP contribution is 2.26. The third-order valence-electron chi connectivity index (χ3n) is 3.31. The summed E-state index contributed by atoms with van der Waals surface area (Å²) in [6, 6.07) is 0.376. The number of nitrogens with one attached hydrogen (secondary N) is 1. The highest BCUT2D eigenvalue weighted by Gasteiger charge is 2.27. The van der Waals surface area contributed by atoms with Crippen LogP contribution in [0.25, 0.3) is 0 Å². The minimum Gasteiger partial charge on any atom is -0.382 e. The molecule has 0 spiro atoms. The van der Waals surface area contributed by atoms with Gasteiger partial charge in [-0.3, -0.25) is 4.79 Å². The highest BCUT2D eigenvalue weighted by atomic mass is 32.1. The van der Waals surface area contributed by atoms with Crippen LogP contribution in [0.2, 0.25) is 0 Å². The molecule has 1 aromatic rings. The van der Waals surface area contributed by atoms with Crippen molar-refractivity contribution in [2.75, 3.05) is 44.8 Å². The molecule has 0 bridgehead atoms. The molecule has 18 heavy (non-hydrogen) atoms. The number of rotatable bonds is 2. The molecule has 100 valence electrons. The van der Waals surface area contributed by atoms with Gasteiger partial charge in [0.15, 0.2) is 5.13 Å². The zero-order chi connectivity index (χ0) is 13.3. The van der Waals surface area contributed by atoms with E-state index in [1.54, 1.807) is 7.05 Å². The van der Waals surface area contributed by atoms with Crippen molar-refractivity contribution >= 4 is 28.2 Å². The standard InChI is InChI=1S/C11H19N5OS/c1-7-6-16(5-4-15(7)3)10(17)8-9(12)14-11(13-2)18-8/h7H,4-6,12H2,1-3H3,(H,13,14). The van der Waals surface area contributed by atoms with Gasteiger partial charge in [-0.05, 0) is 14.0 Å². The van der Waals surface area contributed by atoms with Crippen LogP contribution in [0.4, 0.5) is 10.9 Å². The SMILES string of the molecule is CNc1nc(N)c(C(=O)N2CCN(C)C(C)C2)s1. The second kappa shape index (κ2) is 5.11. The van der Waals surface area contributed by atoms with Gasteiger partial charge in [-0.1, -0.05) is 11.3 Å². The Labute approximate surface area is 111 Å². The minimum atomic E-state index is -0.00792. The van der Waals surface area contributed by atoms with Crippen LogP contribution < -0.4 is 11.1 Å². The first-order chi connectivity index (χ1) is 8.52. The number of piperazine rings is 1. The average Bonchev–Trinajstić information content (AvgIpc) is 2.73. The van der Waals surface area contributed by atoms with Crippen LogP contribution in [-0.2, 0) is 0 Å². The fourth-order valence-corrected chi connectivity index (χ4v) is 2.77. The van der Waals surface area contributed by atoms with Gasteiger partial charge in [0.05, 0.1) is 0 Å². The maximum Gasteiger partial charge on any atom is 0.267 e. The third kappa shape index (κ3) is 2.41. The normalized spacial score (nSPS) is 21.1. The number of anilines is 2. The molecule has 1 aromatic heterocycles. The van der Waals surface area contributed by atoms with Crippen LogP contribution in [0.3, 0.4) is 0 Å². The van der Waals surface area contributed by atoms with Crippen LogP contribution in [0, 0.1) is 0 Å². The number of nitrogen functional groups attached to an aromatic ring is 1. The lowest BCUT2D eigenvalue weighted by Gasteiger charge is -2.37. The molecule has 6 nitrogen and oxygen atoms in total. The third-order valence-corrected chi connectivity index (χ3v) is 4.39. The fourth-order valence-electron chi connectivity index (χ4n) is 1.97. The lowest BCUT2D eigenvalue weighted by atomic mass is 10.2. The van der Waals surface area contributed by atoms with E-state index in [1.807, 2.05) is 4.90 Å². The van der Waals surface area contributed by atoms with Crippen molar-refractivity contribution < 1.29 is 4.79 Å². The Morgan fingerprint density at radius 3 is 2.83 bits per heavy atom. The van der Waals surface area contributed by atoms with Crippen molar-refractivity contribution in [2.24, 2.45) is 0 Å². The molecule has 1 aliphatic heterocycles.